The molecule has 96 valence electrons. The number of nitriles is 1. The van der Waals surface area contributed by atoms with Gasteiger partial charge in [-0.1, -0.05) is 0 Å². The van der Waals surface area contributed by atoms with Crippen LogP contribution in [0.2, 0.25) is 0 Å². The number of carbonyl (C=O) groups is 1. The van der Waals surface area contributed by atoms with Gasteiger partial charge in [-0.25, -0.2) is 0 Å². The minimum Gasteiger partial charge on any atom is -0.506 e. The highest BCUT2D eigenvalue weighted by molar-refractivity contribution is 6.01. The molecule has 1 aromatic carbocycles. The zero-order chi connectivity index (χ0) is 12.6. The lowest BCUT2D eigenvalue weighted by atomic mass is 10.1. The van der Waals surface area contributed by atoms with Gasteiger partial charge in [0.05, 0.1) is 23.4 Å². The van der Waals surface area contributed by atoms with Crippen LogP contribution in [0.3, 0.4) is 0 Å². The number of carbonyl (C=O) groups excluding carboxylic acids is 1. The number of hydrogen-bond acceptors (Lipinski definition) is 4. The van der Waals surface area contributed by atoms with E-state index in [-0.39, 0.29) is 24.1 Å². The summed E-state index contributed by atoms with van der Waals surface area (Å²) >= 11 is 0. The number of nitrogens with two attached hydrogens (primary N) is 1. The Morgan fingerprint density at radius 2 is 2.22 bits per heavy atom. The van der Waals surface area contributed by atoms with E-state index < -0.39 is 6.04 Å². The molecule has 3 N–H and O–H groups in total. The molecule has 0 bridgehead atoms. The molecule has 18 heavy (non-hydrogen) atoms. The van der Waals surface area contributed by atoms with Crippen molar-refractivity contribution in [3.63, 3.8) is 0 Å². The minimum atomic E-state index is -0.514. The van der Waals surface area contributed by atoms with Crippen LogP contribution in [-0.2, 0) is 4.79 Å². The maximum atomic E-state index is 11.8. The highest BCUT2D eigenvalue weighted by Crippen LogP contribution is 2.35. The van der Waals surface area contributed by atoms with Crippen molar-refractivity contribution in [3.8, 4) is 11.8 Å². The van der Waals surface area contributed by atoms with Gasteiger partial charge >= 0.3 is 0 Å². The standard InChI is InChI=1S/C12H13N3O2.ClH/c1-7-8(6-13)2-3-10(16)11(7)15-5-4-9(14)12(15)17;/h2-3,9,16H,4-5,14H2,1H3;1H/t9-;/m0./s1. The van der Waals surface area contributed by atoms with E-state index in [1.54, 1.807) is 6.92 Å². The van der Waals surface area contributed by atoms with Gasteiger partial charge < -0.3 is 15.7 Å². The summed E-state index contributed by atoms with van der Waals surface area (Å²) in [5, 5.41) is 18.8. The molecule has 0 unspecified atom stereocenters. The molecule has 0 spiro atoms. The fraction of sp³-hybridized carbons (Fsp3) is 0.333. The van der Waals surface area contributed by atoms with Crippen LogP contribution in [0.5, 0.6) is 5.75 Å². The molecule has 1 atom stereocenters. The normalized spacial score (nSPS) is 18.4. The highest BCUT2D eigenvalue weighted by Gasteiger charge is 2.32. The molecule has 0 aromatic heterocycles. The molecular formula is C12H14ClN3O2. The van der Waals surface area contributed by atoms with Crippen molar-refractivity contribution in [3.05, 3.63) is 23.3 Å². The smallest absolute Gasteiger partial charge is 0.244 e. The number of halogens is 1. The summed E-state index contributed by atoms with van der Waals surface area (Å²) in [6, 6.07) is 4.48. The van der Waals surface area contributed by atoms with Crippen molar-refractivity contribution in [1.29, 1.82) is 5.26 Å². The molecular weight excluding hydrogens is 254 g/mol. The Morgan fingerprint density at radius 1 is 1.56 bits per heavy atom. The first kappa shape index (κ1) is 14.3. The van der Waals surface area contributed by atoms with Crippen LogP contribution in [0.25, 0.3) is 0 Å². The van der Waals surface area contributed by atoms with Crippen LogP contribution in [0.15, 0.2) is 12.1 Å². The maximum Gasteiger partial charge on any atom is 0.244 e. The summed E-state index contributed by atoms with van der Waals surface area (Å²) in [6.07, 6.45) is 0.564. The van der Waals surface area contributed by atoms with Crippen LogP contribution in [0.4, 0.5) is 5.69 Å². The van der Waals surface area contributed by atoms with E-state index in [1.807, 2.05) is 6.07 Å². The summed E-state index contributed by atoms with van der Waals surface area (Å²) in [7, 11) is 0. The van der Waals surface area contributed by atoms with Gasteiger partial charge in [0.1, 0.15) is 5.75 Å². The number of rotatable bonds is 1. The molecule has 1 aliphatic heterocycles. The van der Waals surface area contributed by atoms with Crippen molar-refractivity contribution < 1.29 is 9.90 Å². The van der Waals surface area contributed by atoms with Crippen LogP contribution in [0.1, 0.15) is 17.5 Å². The van der Waals surface area contributed by atoms with Gasteiger partial charge in [-0.2, -0.15) is 5.26 Å². The van der Waals surface area contributed by atoms with Crippen molar-refractivity contribution in [1.82, 2.24) is 0 Å². The fourth-order valence-electron chi connectivity index (χ4n) is 2.07. The number of hydrogen-bond donors (Lipinski definition) is 2. The molecule has 2 rings (SSSR count). The monoisotopic (exact) mass is 267 g/mol. The number of nitrogens with zero attached hydrogens (tertiary/aromatic N) is 2. The average Bonchev–Trinajstić information content (AvgIpc) is 2.62. The molecule has 0 saturated carbocycles. The third-order valence-corrected chi connectivity index (χ3v) is 3.05. The lowest BCUT2D eigenvalue weighted by molar-refractivity contribution is -0.118. The van der Waals surface area contributed by atoms with E-state index >= 15 is 0 Å². The third kappa shape index (κ3) is 2.13. The molecule has 1 saturated heterocycles. The molecule has 0 aliphatic carbocycles. The Hall–Kier alpha value is -1.77. The molecule has 1 aliphatic rings. The predicted octanol–water partition coefficient (Wildman–Crippen LogP) is 1.06. The summed E-state index contributed by atoms with van der Waals surface area (Å²) in [5.41, 5.74) is 7.10. The van der Waals surface area contributed by atoms with E-state index in [1.165, 1.54) is 17.0 Å². The number of aromatic hydroxyl groups is 1. The van der Waals surface area contributed by atoms with Crippen molar-refractivity contribution in [2.45, 2.75) is 19.4 Å². The Bertz CT molecular complexity index is 525. The van der Waals surface area contributed by atoms with Crippen molar-refractivity contribution in [2.24, 2.45) is 5.73 Å². The van der Waals surface area contributed by atoms with E-state index in [0.717, 1.165) is 0 Å². The van der Waals surface area contributed by atoms with Gasteiger partial charge in [0.15, 0.2) is 0 Å². The first-order valence-electron chi connectivity index (χ1n) is 5.36. The molecule has 1 amide bonds. The van der Waals surface area contributed by atoms with Gasteiger partial charge in [-0.05, 0) is 31.0 Å². The number of benzene rings is 1. The highest BCUT2D eigenvalue weighted by atomic mass is 35.5. The SMILES string of the molecule is Cc1c(C#N)ccc(O)c1N1CC[C@H](N)C1=O.Cl. The second-order valence-corrected chi connectivity index (χ2v) is 4.10. The average molecular weight is 268 g/mol. The summed E-state index contributed by atoms with van der Waals surface area (Å²) in [4.78, 5) is 13.3. The fourth-order valence-corrected chi connectivity index (χ4v) is 2.07. The molecule has 6 heteroatoms. The van der Waals surface area contributed by atoms with Crippen LogP contribution >= 0.6 is 12.4 Å². The first-order valence-corrected chi connectivity index (χ1v) is 5.36. The second-order valence-electron chi connectivity index (χ2n) is 4.10. The zero-order valence-electron chi connectivity index (χ0n) is 9.88. The van der Waals surface area contributed by atoms with E-state index in [0.29, 0.717) is 29.8 Å². The number of phenols is 1. The first-order chi connectivity index (χ1) is 8.06. The lowest BCUT2D eigenvalue weighted by Gasteiger charge is -2.20. The Balaban J connectivity index is 0.00000162. The second kappa shape index (κ2) is 5.25. The van der Waals surface area contributed by atoms with E-state index in [9.17, 15) is 9.90 Å². The van der Waals surface area contributed by atoms with Gasteiger partial charge in [0.25, 0.3) is 0 Å². The third-order valence-electron chi connectivity index (χ3n) is 3.05. The number of anilines is 1. The summed E-state index contributed by atoms with van der Waals surface area (Å²) < 4.78 is 0. The van der Waals surface area contributed by atoms with Gasteiger partial charge in [-0.15, -0.1) is 12.4 Å². The Labute approximate surface area is 111 Å². The summed E-state index contributed by atoms with van der Waals surface area (Å²) in [6.45, 7) is 2.19. The van der Waals surface area contributed by atoms with Gasteiger partial charge in [0.2, 0.25) is 5.91 Å². The van der Waals surface area contributed by atoms with Crippen LogP contribution in [0, 0.1) is 18.3 Å². The van der Waals surface area contributed by atoms with Crippen molar-refractivity contribution >= 4 is 24.0 Å². The quantitative estimate of drug-likeness (QED) is 0.796. The number of phenolic OH excluding ortho intramolecular Hbond substituents is 1. The summed E-state index contributed by atoms with van der Waals surface area (Å²) in [5.74, 6) is -0.206. The van der Waals surface area contributed by atoms with Crippen LogP contribution in [-0.4, -0.2) is 23.6 Å². The van der Waals surface area contributed by atoms with E-state index in [2.05, 4.69) is 0 Å². The van der Waals surface area contributed by atoms with Gasteiger partial charge in [0, 0.05) is 6.54 Å². The lowest BCUT2D eigenvalue weighted by Crippen LogP contribution is -2.34. The Morgan fingerprint density at radius 3 is 2.72 bits per heavy atom. The molecule has 1 heterocycles. The molecule has 1 aromatic rings. The molecule has 0 radical (unpaired) electrons. The largest absolute Gasteiger partial charge is 0.506 e. The zero-order valence-corrected chi connectivity index (χ0v) is 10.7. The topological polar surface area (TPSA) is 90.3 Å². The van der Waals surface area contributed by atoms with Gasteiger partial charge in [-0.3, -0.25) is 4.79 Å². The predicted molar refractivity (Wildman–Crippen MR) is 69.8 cm³/mol. The van der Waals surface area contributed by atoms with E-state index in [4.69, 9.17) is 11.0 Å². The maximum absolute atomic E-state index is 11.8. The number of amides is 1. The van der Waals surface area contributed by atoms with Crippen molar-refractivity contribution in [2.75, 3.05) is 11.4 Å². The minimum absolute atomic E-state index is 0. The molecule has 1 fully saturated rings. The Kier molecular flexibility index (Phi) is 4.17. The van der Waals surface area contributed by atoms with Crippen LogP contribution < -0.4 is 10.6 Å². The molecule has 5 nitrogen and oxygen atoms in total.